The standard InChI is InChI=1S/C16H22N2S2/c1-12(16-5-4-10-20-16)18(2)15(11-17)13-6-8-14(19-3)9-7-13/h4-10,12,15H,11,17H2,1-3H3. The zero-order valence-electron chi connectivity index (χ0n) is 12.2. The van der Waals surface area contributed by atoms with Gasteiger partial charge >= 0.3 is 0 Å². The minimum atomic E-state index is 0.253. The number of likely N-dealkylation sites (N-methyl/N-ethyl adjacent to an activating group) is 1. The third-order valence-electron chi connectivity index (χ3n) is 3.78. The van der Waals surface area contributed by atoms with Crippen LogP contribution in [0.5, 0.6) is 0 Å². The van der Waals surface area contributed by atoms with Crippen LogP contribution >= 0.6 is 23.1 Å². The Bertz CT molecular complexity index is 508. The molecule has 1 aromatic carbocycles. The van der Waals surface area contributed by atoms with E-state index in [1.807, 2.05) is 0 Å². The van der Waals surface area contributed by atoms with E-state index in [0.717, 1.165) is 0 Å². The second kappa shape index (κ2) is 7.27. The fourth-order valence-electron chi connectivity index (χ4n) is 2.36. The van der Waals surface area contributed by atoms with Crippen molar-refractivity contribution in [3.63, 3.8) is 0 Å². The highest BCUT2D eigenvalue weighted by Crippen LogP contribution is 2.31. The first-order valence-corrected chi connectivity index (χ1v) is 8.87. The molecule has 0 aliphatic carbocycles. The third-order valence-corrected chi connectivity index (χ3v) is 5.57. The Labute approximate surface area is 130 Å². The summed E-state index contributed by atoms with van der Waals surface area (Å²) in [5, 5.41) is 2.13. The van der Waals surface area contributed by atoms with E-state index < -0.39 is 0 Å². The van der Waals surface area contributed by atoms with E-state index in [9.17, 15) is 0 Å². The van der Waals surface area contributed by atoms with Crippen molar-refractivity contribution in [2.75, 3.05) is 19.8 Å². The van der Waals surface area contributed by atoms with E-state index in [1.54, 1.807) is 23.1 Å². The van der Waals surface area contributed by atoms with Gasteiger partial charge in [-0.15, -0.1) is 23.1 Å². The van der Waals surface area contributed by atoms with Crippen LogP contribution in [0.3, 0.4) is 0 Å². The summed E-state index contributed by atoms with van der Waals surface area (Å²) in [5.74, 6) is 0. The molecule has 0 aliphatic rings. The maximum absolute atomic E-state index is 6.02. The van der Waals surface area contributed by atoms with Gasteiger partial charge in [0.25, 0.3) is 0 Å². The van der Waals surface area contributed by atoms with Crippen molar-refractivity contribution >= 4 is 23.1 Å². The van der Waals surface area contributed by atoms with Gasteiger partial charge in [0, 0.05) is 28.4 Å². The van der Waals surface area contributed by atoms with Gasteiger partial charge in [-0.2, -0.15) is 0 Å². The Hall–Kier alpha value is -0.810. The lowest BCUT2D eigenvalue weighted by Crippen LogP contribution is -2.32. The molecule has 2 atom stereocenters. The van der Waals surface area contributed by atoms with Crippen LogP contribution in [0.2, 0.25) is 0 Å². The molecule has 1 heterocycles. The second-order valence-corrected chi connectivity index (χ2v) is 6.74. The topological polar surface area (TPSA) is 29.3 Å². The maximum Gasteiger partial charge on any atom is 0.0473 e. The summed E-state index contributed by atoms with van der Waals surface area (Å²) in [4.78, 5) is 5.03. The number of thiophene rings is 1. The van der Waals surface area contributed by atoms with Gasteiger partial charge in [0.2, 0.25) is 0 Å². The molecule has 0 aliphatic heterocycles. The average molecular weight is 306 g/mol. The quantitative estimate of drug-likeness (QED) is 0.812. The van der Waals surface area contributed by atoms with Crippen LogP contribution in [-0.2, 0) is 0 Å². The molecule has 2 rings (SSSR count). The number of rotatable bonds is 6. The van der Waals surface area contributed by atoms with Crippen LogP contribution < -0.4 is 5.73 Å². The Morgan fingerprint density at radius 1 is 1.25 bits per heavy atom. The smallest absolute Gasteiger partial charge is 0.0473 e. The van der Waals surface area contributed by atoms with Crippen LogP contribution in [-0.4, -0.2) is 24.7 Å². The molecule has 1 aromatic heterocycles. The highest BCUT2D eigenvalue weighted by molar-refractivity contribution is 7.98. The largest absolute Gasteiger partial charge is 0.329 e. The lowest BCUT2D eigenvalue weighted by molar-refractivity contribution is 0.193. The summed E-state index contributed by atoms with van der Waals surface area (Å²) in [6.45, 7) is 2.87. The molecule has 20 heavy (non-hydrogen) atoms. The predicted octanol–water partition coefficient (Wildman–Crippen LogP) is 4.16. The van der Waals surface area contributed by atoms with Crippen molar-refractivity contribution in [1.82, 2.24) is 4.90 Å². The zero-order valence-corrected chi connectivity index (χ0v) is 13.9. The molecule has 0 amide bonds. The van der Waals surface area contributed by atoms with Gasteiger partial charge in [0.05, 0.1) is 0 Å². The Balaban J connectivity index is 2.17. The molecule has 108 valence electrons. The maximum atomic E-state index is 6.02. The van der Waals surface area contributed by atoms with Crippen molar-refractivity contribution in [2.45, 2.75) is 23.9 Å². The van der Waals surface area contributed by atoms with E-state index in [0.29, 0.717) is 12.6 Å². The van der Waals surface area contributed by atoms with Gasteiger partial charge in [0.1, 0.15) is 0 Å². The Morgan fingerprint density at radius 3 is 2.45 bits per heavy atom. The fraction of sp³-hybridized carbons (Fsp3) is 0.375. The first-order chi connectivity index (χ1) is 9.67. The minimum Gasteiger partial charge on any atom is -0.329 e. The average Bonchev–Trinajstić information content (AvgIpc) is 3.02. The van der Waals surface area contributed by atoms with Crippen molar-refractivity contribution in [3.8, 4) is 0 Å². The molecule has 0 radical (unpaired) electrons. The van der Waals surface area contributed by atoms with Crippen molar-refractivity contribution < 1.29 is 0 Å². The molecule has 0 saturated heterocycles. The first kappa shape index (κ1) is 15.6. The van der Waals surface area contributed by atoms with Crippen LogP contribution in [0.15, 0.2) is 46.7 Å². The summed E-state index contributed by atoms with van der Waals surface area (Å²) >= 11 is 3.57. The summed E-state index contributed by atoms with van der Waals surface area (Å²) in [5.41, 5.74) is 7.31. The molecule has 0 bridgehead atoms. The monoisotopic (exact) mass is 306 g/mol. The highest BCUT2D eigenvalue weighted by atomic mass is 32.2. The van der Waals surface area contributed by atoms with Gasteiger partial charge < -0.3 is 5.73 Å². The van der Waals surface area contributed by atoms with Crippen molar-refractivity contribution in [2.24, 2.45) is 5.73 Å². The summed E-state index contributed by atoms with van der Waals surface area (Å²) < 4.78 is 0. The van der Waals surface area contributed by atoms with E-state index in [2.05, 4.69) is 66.9 Å². The molecule has 4 heteroatoms. The van der Waals surface area contributed by atoms with E-state index in [4.69, 9.17) is 5.73 Å². The lowest BCUT2D eigenvalue weighted by Gasteiger charge is -2.32. The molecule has 2 unspecified atom stereocenters. The zero-order chi connectivity index (χ0) is 14.5. The number of hydrogen-bond donors (Lipinski definition) is 1. The number of nitrogens with zero attached hydrogens (tertiary/aromatic N) is 1. The predicted molar refractivity (Wildman–Crippen MR) is 90.5 cm³/mol. The highest BCUT2D eigenvalue weighted by Gasteiger charge is 2.21. The minimum absolute atomic E-state index is 0.253. The van der Waals surface area contributed by atoms with Gasteiger partial charge in [0.15, 0.2) is 0 Å². The number of benzene rings is 1. The number of thioether (sulfide) groups is 1. The molecular weight excluding hydrogens is 284 g/mol. The summed E-state index contributed by atoms with van der Waals surface area (Å²) in [6, 6.07) is 13.7. The van der Waals surface area contributed by atoms with Crippen LogP contribution in [0.1, 0.15) is 29.4 Å². The summed E-state index contributed by atoms with van der Waals surface area (Å²) in [7, 11) is 2.16. The third kappa shape index (κ3) is 3.44. The summed E-state index contributed by atoms with van der Waals surface area (Å²) in [6.07, 6.45) is 2.10. The first-order valence-electron chi connectivity index (χ1n) is 6.76. The lowest BCUT2D eigenvalue weighted by atomic mass is 10.0. The SMILES string of the molecule is CSc1ccc(C(CN)N(C)C(C)c2cccs2)cc1. The van der Waals surface area contributed by atoms with Gasteiger partial charge in [-0.05, 0) is 49.4 Å². The molecule has 0 fully saturated rings. The van der Waals surface area contributed by atoms with Crippen LogP contribution in [0.4, 0.5) is 0 Å². The normalized spacial score (nSPS) is 14.4. The number of hydrogen-bond acceptors (Lipinski definition) is 4. The van der Waals surface area contributed by atoms with Gasteiger partial charge in [-0.3, -0.25) is 4.90 Å². The van der Waals surface area contributed by atoms with E-state index >= 15 is 0 Å². The molecule has 0 saturated carbocycles. The second-order valence-electron chi connectivity index (χ2n) is 4.88. The molecule has 2 N–H and O–H groups in total. The van der Waals surface area contributed by atoms with Gasteiger partial charge in [-0.25, -0.2) is 0 Å². The molecular formula is C16H22N2S2. The van der Waals surface area contributed by atoms with Crippen LogP contribution in [0, 0.1) is 0 Å². The molecule has 2 nitrogen and oxygen atoms in total. The van der Waals surface area contributed by atoms with Crippen LogP contribution in [0.25, 0.3) is 0 Å². The van der Waals surface area contributed by atoms with Gasteiger partial charge in [-0.1, -0.05) is 18.2 Å². The van der Waals surface area contributed by atoms with E-state index in [-0.39, 0.29) is 6.04 Å². The number of nitrogens with two attached hydrogens (primary N) is 1. The van der Waals surface area contributed by atoms with Crippen molar-refractivity contribution in [1.29, 1.82) is 0 Å². The Kier molecular flexibility index (Phi) is 5.66. The molecule has 2 aromatic rings. The Morgan fingerprint density at radius 2 is 1.95 bits per heavy atom. The molecule has 0 spiro atoms. The van der Waals surface area contributed by atoms with E-state index in [1.165, 1.54) is 15.3 Å². The fourth-order valence-corrected chi connectivity index (χ4v) is 3.61. The van der Waals surface area contributed by atoms with Crippen molar-refractivity contribution in [3.05, 3.63) is 52.2 Å².